The van der Waals surface area contributed by atoms with E-state index in [4.69, 9.17) is 14.2 Å². The molecule has 150 valence electrons. The molecule has 0 unspecified atom stereocenters. The Labute approximate surface area is 166 Å². The monoisotopic (exact) mass is 384 g/mol. The number of piperazine rings is 1. The van der Waals surface area contributed by atoms with Crippen molar-refractivity contribution in [2.75, 3.05) is 53.6 Å². The Hall–Kier alpha value is -2.73. The van der Waals surface area contributed by atoms with E-state index in [2.05, 4.69) is 17.9 Å². The fourth-order valence-corrected chi connectivity index (χ4v) is 3.29. The molecule has 1 aliphatic heterocycles. The molecule has 0 saturated carbocycles. The van der Waals surface area contributed by atoms with Gasteiger partial charge in [0.25, 0.3) is 5.91 Å². The molecule has 0 atom stereocenters. The summed E-state index contributed by atoms with van der Waals surface area (Å²) in [5.74, 6) is 2.15. The van der Waals surface area contributed by atoms with Gasteiger partial charge in [-0.1, -0.05) is 12.1 Å². The molecule has 6 heteroatoms. The molecule has 1 amide bonds. The third-order valence-electron chi connectivity index (χ3n) is 4.92. The summed E-state index contributed by atoms with van der Waals surface area (Å²) in [4.78, 5) is 17.1. The summed E-state index contributed by atoms with van der Waals surface area (Å²) >= 11 is 0. The molecule has 1 aliphatic rings. The van der Waals surface area contributed by atoms with E-state index in [1.807, 2.05) is 23.1 Å². The topological polar surface area (TPSA) is 51.2 Å². The second-order valence-corrected chi connectivity index (χ2v) is 6.90. The van der Waals surface area contributed by atoms with Crippen LogP contribution >= 0.6 is 0 Å². The Bertz CT molecular complexity index is 779. The molecule has 1 heterocycles. The van der Waals surface area contributed by atoms with Crippen LogP contribution < -0.4 is 14.2 Å². The lowest BCUT2D eigenvalue weighted by molar-refractivity contribution is 0.0619. The zero-order chi connectivity index (χ0) is 19.9. The minimum absolute atomic E-state index is 0.00728. The van der Waals surface area contributed by atoms with Crippen molar-refractivity contribution in [3.05, 3.63) is 53.6 Å². The fourth-order valence-electron chi connectivity index (χ4n) is 3.29. The van der Waals surface area contributed by atoms with E-state index in [1.54, 1.807) is 32.4 Å². The summed E-state index contributed by atoms with van der Waals surface area (Å²) in [5.41, 5.74) is 1.78. The standard InChI is InChI=1S/C22H28N2O4/c1-17-5-4-6-19(13-17)28-12-11-23-7-9-24(10-8-23)22(25)18-14-20(26-2)16-21(15-18)27-3/h4-6,13-16H,7-12H2,1-3H3. The molecule has 28 heavy (non-hydrogen) atoms. The van der Waals surface area contributed by atoms with Gasteiger partial charge in [-0.3, -0.25) is 9.69 Å². The number of rotatable bonds is 7. The minimum Gasteiger partial charge on any atom is -0.497 e. The largest absolute Gasteiger partial charge is 0.497 e. The number of benzene rings is 2. The number of methoxy groups -OCH3 is 2. The molecular weight excluding hydrogens is 356 g/mol. The minimum atomic E-state index is 0.00728. The summed E-state index contributed by atoms with van der Waals surface area (Å²) in [5, 5.41) is 0. The van der Waals surface area contributed by atoms with Crippen LogP contribution in [-0.4, -0.2) is 69.3 Å². The number of hydrogen-bond donors (Lipinski definition) is 0. The van der Waals surface area contributed by atoms with Crippen molar-refractivity contribution in [2.45, 2.75) is 6.92 Å². The van der Waals surface area contributed by atoms with Crippen molar-refractivity contribution in [1.82, 2.24) is 9.80 Å². The first kappa shape index (κ1) is 20.0. The second-order valence-electron chi connectivity index (χ2n) is 6.90. The highest BCUT2D eigenvalue weighted by Crippen LogP contribution is 2.23. The highest BCUT2D eigenvalue weighted by molar-refractivity contribution is 5.95. The Kier molecular flexibility index (Phi) is 6.76. The number of nitrogens with zero attached hydrogens (tertiary/aromatic N) is 2. The molecule has 0 bridgehead atoms. The van der Waals surface area contributed by atoms with Crippen LogP contribution in [0.5, 0.6) is 17.2 Å². The first-order chi connectivity index (χ1) is 13.6. The van der Waals surface area contributed by atoms with Crippen molar-refractivity contribution >= 4 is 5.91 Å². The number of amides is 1. The van der Waals surface area contributed by atoms with Crippen LogP contribution in [0.4, 0.5) is 0 Å². The first-order valence-electron chi connectivity index (χ1n) is 9.53. The van der Waals surface area contributed by atoms with Gasteiger partial charge in [0, 0.05) is 44.4 Å². The van der Waals surface area contributed by atoms with Crippen LogP contribution in [0.2, 0.25) is 0 Å². The maximum atomic E-state index is 12.8. The van der Waals surface area contributed by atoms with Gasteiger partial charge in [0.2, 0.25) is 0 Å². The Balaban J connectivity index is 1.49. The molecule has 0 aromatic heterocycles. The van der Waals surface area contributed by atoms with Gasteiger partial charge in [-0.15, -0.1) is 0 Å². The lowest BCUT2D eigenvalue weighted by Crippen LogP contribution is -2.49. The van der Waals surface area contributed by atoms with Crippen molar-refractivity contribution in [3.8, 4) is 17.2 Å². The summed E-state index contributed by atoms with van der Waals surface area (Å²) in [6.07, 6.45) is 0. The summed E-state index contributed by atoms with van der Waals surface area (Å²) in [6.45, 7) is 6.62. The van der Waals surface area contributed by atoms with E-state index in [9.17, 15) is 4.79 Å². The van der Waals surface area contributed by atoms with Gasteiger partial charge in [0.05, 0.1) is 14.2 Å². The molecule has 0 aliphatic carbocycles. The first-order valence-corrected chi connectivity index (χ1v) is 9.53. The Morgan fingerprint density at radius 3 is 2.21 bits per heavy atom. The third kappa shape index (κ3) is 5.16. The van der Waals surface area contributed by atoms with E-state index in [0.717, 1.165) is 25.4 Å². The van der Waals surface area contributed by atoms with Gasteiger partial charge >= 0.3 is 0 Å². The average Bonchev–Trinajstić information content (AvgIpc) is 2.73. The maximum Gasteiger partial charge on any atom is 0.254 e. The molecule has 0 spiro atoms. The molecule has 0 radical (unpaired) electrons. The lowest BCUT2D eigenvalue weighted by Gasteiger charge is -2.34. The molecular formula is C22H28N2O4. The zero-order valence-corrected chi connectivity index (χ0v) is 16.8. The Morgan fingerprint density at radius 2 is 1.61 bits per heavy atom. The second kappa shape index (κ2) is 9.46. The normalized spacial score (nSPS) is 14.6. The van der Waals surface area contributed by atoms with Crippen LogP contribution in [0.3, 0.4) is 0 Å². The lowest BCUT2D eigenvalue weighted by atomic mass is 10.1. The third-order valence-corrected chi connectivity index (χ3v) is 4.92. The van der Waals surface area contributed by atoms with Crippen LogP contribution in [0.1, 0.15) is 15.9 Å². The van der Waals surface area contributed by atoms with Gasteiger partial charge < -0.3 is 19.1 Å². The summed E-state index contributed by atoms with van der Waals surface area (Å²) in [7, 11) is 3.17. The van der Waals surface area contributed by atoms with Gasteiger partial charge in [0.15, 0.2) is 0 Å². The highest BCUT2D eigenvalue weighted by atomic mass is 16.5. The SMILES string of the molecule is COc1cc(OC)cc(C(=O)N2CCN(CCOc3cccc(C)c3)CC2)c1. The van der Waals surface area contributed by atoms with E-state index in [1.165, 1.54) is 5.56 Å². The van der Waals surface area contributed by atoms with Gasteiger partial charge in [-0.2, -0.15) is 0 Å². The van der Waals surface area contributed by atoms with Crippen LogP contribution in [-0.2, 0) is 0 Å². The van der Waals surface area contributed by atoms with Crippen molar-refractivity contribution < 1.29 is 19.0 Å². The molecule has 6 nitrogen and oxygen atoms in total. The molecule has 2 aromatic carbocycles. The van der Waals surface area contributed by atoms with Crippen LogP contribution in [0.25, 0.3) is 0 Å². The van der Waals surface area contributed by atoms with E-state index < -0.39 is 0 Å². The molecule has 0 N–H and O–H groups in total. The highest BCUT2D eigenvalue weighted by Gasteiger charge is 2.23. The van der Waals surface area contributed by atoms with Gasteiger partial charge in [-0.05, 0) is 36.8 Å². The molecule has 1 fully saturated rings. The zero-order valence-electron chi connectivity index (χ0n) is 16.8. The maximum absolute atomic E-state index is 12.8. The summed E-state index contributed by atoms with van der Waals surface area (Å²) < 4.78 is 16.4. The average molecular weight is 384 g/mol. The van der Waals surface area contributed by atoms with E-state index >= 15 is 0 Å². The van der Waals surface area contributed by atoms with E-state index in [-0.39, 0.29) is 5.91 Å². The van der Waals surface area contributed by atoms with Crippen molar-refractivity contribution in [3.63, 3.8) is 0 Å². The summed E-state index contributed by atoms with van der Waals surface area (Å²) in [6, 6.07) is 13.4. The Morgan fingerprint density at radius 1 is 0.929 bits per heavy atom. The predicted octanol–water partition coefficient (Wildman–Crippen LogP) is 2.85. The number of carbonyl (C=O) groups excluding carboxylic acids is 1. The predicted molar refractivity (Wildman–Crippen MR) is 109 cm³/mol. The van der Waals surface area contributed by atoms with Crippen LogP contribution in [0, 0.1) is 6.92 Å². The van der Waals surface area contributed by atoms with Gasteiger partial charge in [-0.25, -0.2) is 0 Å². The fraction of sp³-hybridized carbons (Fsp3) is 0.409. The van der Waals surface area contributed by atoms with Crippen LogP contribution in [0.15, 0.2) is 42.5 Å². The molecule has 1 saturated heterocycles. The van der Waals surface area contributed by atoms with E-state index in [0.29, 0.717) is 36.8 Å². The quantitative estimate of drug-likeness (QED) is 0.735. The van der Waals surface area contributed by atoms with Crippen molar-refractivity contribution in [1.29, 1.82) is 0 Å². The molecule has 3 rings (SSSR count). The van der Waals surface area contributed by atoms with Gasteiger partial charge in [0.1, 0.15) is 23.9 Å². The number of aryl methyl sites for hydroxylation is 1. The smallest absolute Gasteiger partial charge is 0.254 e. The van der Waals surface area contributed by atoms with Crippen molar-refractivity contribution in [2.24, 2.45) is 0 Å². The number of carbonyl (C=O) groups is 1. The number of ether oxygens (including phenoxy) is 3. The molecule has 2 aromatic rings. The number of hydrogen-bond acceptors (Lipinski definition) is 5.